The van der Waals surface area contributed by atoms with Gasteiger partial charge in [-0.05, 0) is 43.7 Å². The van der Waals surface area contributed by atoms with Gasteiger partial charge in [0.15, 0.2) is 0 Å². The molecule has 1 atom stereocenters. The van der Waals surface area contributed by atoms with Crippen molar-refractivity contribution < 1.29 is 14.7 Å². The Morgan fingerprint density at radius 1 is 1.35 bits per heavy atom. The van der Waals surface area contributed by atoms with Crippen LogP contribution in [0, 0.1) is 6.92 Å². The van der Waals surface area contributed by atoms with E-state index in [2.05, 4.69) is 19.1 Å². The monoisotopic (exact) mass is 318 g/mol. The van der Waals surface area contributed by atoms with Crippen LogP contribution in [0.2, 0.25) is 0 Å². The van der Waals surface area contributed by atoms with Crippen molar-refractivity contribution in [3.05, 3.63) is 35.4 Å². The van der Waals surface area contributed by atoms with Crippen LogP contribution in [0.25, 0.3) is 0 Å². The van der Waals surface area contributed by atoms with Gasteiger partial charge in [0.05, 0.1) is 6.54 Å². The summed E-state index contributed by atoms with van der Waals surface area (Å²) < 4.78 is 0. The number of benzene rings is 1. The predicted octanol–water partition coefficient (Wildman–Crippen LogP) is 1.37. The molecule has 1 aliphatic rings. The van der Waals surface area contributed by atoms with Crippen LogP contribution in [0.1, 0.15) is 30.4 Å². The van der Waals surface area contributed by atoms with Crippen LogP contribution in [-0.4, -0.2) is 59.5 Å². The first-order chi connectivity index (χ1) is 11.0. The number of aryl methyl sites for hydroxylation is 1. The molecular formula is C18H26N2O3. The van der Waals surface area contributed by atoms with Gasteiger partial charge in [0.2, 0.25) is 5.91 Å². The summed E-state index contributed by atoms with van der Waals surface area (Å²) in [5, 5.41) is 9.75. The lowest BCUT2D eigenvalue weighted by Gasteiger charge is -2.25. The summed E-state index contributed by atoms with van der Waals surface area (Å²) in [5.41, 5.74) is 2.45. The predicted molar refractivity (Wildman–Crippen MR) is 89.0 cm³/mol. The van der Waals surface area contributed by atoms with Gasteiger partial charge >= 0.3 is 0 Å². The fraction of sp³-hybridized carbons (Fsp3) is 0.556. The fourth-order valence-corrected chi connectivity index (χ4v) is 2.83. The highest BCUT2D eigenvalue weighted by Gasteiger charge is 2.27. The zero-order chi connectivity index (χ0) is 16.8. The standard InChI is InChI=1S/C18H26N2O3/c1-14-7-3-4-8-15(14)10-12-19(2)17(22)13-20-11-6-5-9-16(21)18(20)23/h3-4,7-8,16,21H,5-6,9-13H2,1-2H3. The Balaban J connectivity index is 1.87. The number of likely N-dealkylation sites (tertiary alicyclic amines) is 1. The van der Waals surface area contributed by atoms with Crippen LogP contribution in [-0.2, 0) is 16.0 Å². The summed E-state index contributed by atoms with van der Waals surface area (Å²) in [7, 11) is 1.76. The average molecular weight is 318 g/mol. The first-order valence-electron chi connectivity index (χ1n) is 8.24. The third-order valence-electron chi connectivity index (χ3n) is 4.48. The zero-order valence-electron chi connectivity index (χ0n) is 14.0. The van der Waals surface area contributed by atoms with Gasteiger partial charge in [0, 0.05) is 20.1 Å². The van der Waals surface area contributed by atoms with E-state index in [1.165, 1.54) is 16.0 Å². The van der Waals surface area contributed by atoms with E-state index >= 15 is 0 Å². The molecule has 0 spiro atoms. The number of amides is 2. The van der Waals surface area contributed by atoms with Gasteiger partial charge in [-0.2, -0.15) is 0 Å². The van der Waals surface area contributed by atoms with E-state index < -0.39 is 6.10 Å². The van der Waals surface area contributed by atoms with Crippen LogP contribution in [0.4, 0.5) is 0 Å². The molecule has 1 aliphatic heterocycles. The van der Waals surface area contributed by atoms with Crippen molar-refractivity contribution in [3.63, 3.8) is 0 Å². The van der Waals surface area contributed by atoms with E-state index in [0.29, 0.717) is 19.5 Å². The molecule has 1 aromatic carbocycles. The summed E-state index contributed by atoms with van der Waals surface area (Å²) in [4.78, 5) is 27.5. The topological polar surface area (TPSA) is 60.9 Å². The zero-order valence-corrected chi connectivity index (χ0v) is 14.0. The van der Waals surface area contributed by atoms with Gasteiger partial charge < -0.3 is 14.9 Å². The second-order valence-corrected chi connectivity index (χ2v) is 6.26. The average Bonchev–Trinajstić information content (AvgIpc) is 2.69. The van der Waals surface area contributed by atoms with Crippen LogP contribution < -0.4 is 0 Å². The lowest BCUT2D eigenvalue weighted by Crippen LogP contribution is -2.45. The Bertz CT molecular complexity index is 559. The second-order valence-electron chi connectivity index (χ2n) is 6.26. The molecule has 0 bridgehead atoms. The molecule has 5 heteroatoms. The summed E-state index contributed by atoms with van der Waals surface area (Å²) in [6, 6.07) is 8.14. The first-order valence-corrected chi connectivity index (χ1v) is 8.24. The van der Waals surface area contributed by atoms with Gasteiger partial charge in [0.25, 0.3) is 5.91 Å². The van der Waals surface area contributed by atoms with E-state index in [4.69, 9.17) is 0 Å². The molecule has 1 saturated heterocycles. The highest BCUT2D eigenvalue weighted by atomic mass is 16.3. The van der Waals surface area contributed by atoms with Gasteiger partial charge in [0.1, 0.15) is 6.10 Å². The molecule has 1 unspecified atom stereocenters. The molecule has 2 rings (SSSR count). The van der Waals surface area contributed by atoms with Crippen molar-refractivity contribution in [2.24, 2.45) is 0 Å². The number of likely N-dealkylation sites (N-methyl/N-ethyl adjacent to an activating group) is 1. The van der Waals surface area contributed by atoms with E-state index in [1.54, 1.807) is 11.9 Å². The number of aliphatic hydroxyl groups excluding tert-OH is 1. The maximum absolute atomic E-state index is 12.3. The lowest BCUT2D eigenvalue weighted by molar-refractivity contribution is -0.144. The molecule has 1 heterocycles. The van der Waals surface area contributed by atoms with Crippen LogP contribution >= 0.6 is 0 Å². The van der Waals surface area contributed by atoms with Crippen LogP contribution in [0.15, 0.2) is 24.3 Å². The minimum Gasteiger partial charge on any atom is -0.383 e. The van der Waals surface area contributed by atoms with Crippen molar-refractivity contribution >= 4 is 11.8 Å². The van der Waals surface area contributed by atoms with Gasteiger partial charge in [-0.3, -0.25) is 9.59 Å². The first kappa shape index (κ1) is 17.5. The van der Waals surface area contributed by atoms with Crippen LogP contribution in [0.3, 0.4) is 0 Å². The van der Waals surface area contributed by atoms with Crippen LogP contribution in [0.5, 0.6) is 0 Å². The number of carbonyl (C=O) groups is 2. The Hall–Kier alpha value is -1.88. The summed E-state index contributed by atoms with van der Waals surface area (Å²) in [6.45, 7) is 3.29. The fourth-order valence-electron chi connectivity index (χ4n) is 2.83. The molecule has 1 N–H and O–H groups in total. The summed E-state index contributed by atoms with van der Waals surface area (Å²) in [6.07, 6.45) is 1.99. The molecule has 1 fully saturated rings. The molecule has 0 aromatic heterocycles. The molecule has 0 saturated carbocycles. The van der Waals surface area contributed by atoms with Gasteiger partial charge in [-0.15, -0.1) is 0 Å². The van der Waals surface area contributed by atoms with E-state index in [1.807, 2.05) is 12.1 Å². The maximum Gasteiger partial charge on any atom is 0.251 e. The quantitative estimate of drug-likeness (QED) is 0.892. The van der Waals surface area contributed by atoms with Crippen molar-refractivity contribution in [2.45, 2.75) is 38.7 Å². The molecular weight excluding hydrogens is 292 g/mol. The van der Waals surface area contributed by atoms with Gasteiger partial charge in [-0.25, -0.2) is 0 Å². The van der Waals surface area contributed by atoms with E-state index in [0.717, 1.165) is 19.3 Å². The number of carbonyl (C=O) groups excluding carboxylic acids is 2. The highest BCUT2D eigenvalue weighted by Crippen LogP contribution is 2.12. The maximum atomic E-state index is 12.3. The van der Waals surface area contributed by atoms with Crippen molar-refractivity contribution in [1.82, 2.24) is 9.80 Å². The molecule has 2 amide bonds. The minimum atomic E-state index is -0.956. The van der Waals surface area contributed by atoms with Crippen molar-refractivity contribution in [2.75, 3.05) is 26.7 Å². The van der Waals surface area contributed by atoms with Crippen molar-refractivity contribution in [3.8, 4) is 0 Å². The largest absolute Gasteiger partial charge is 0.383 e. The Kier molecular flexibility index (Phi) is 6.16. The third-order valence-corrected chi connectivity index (χ3v) is 4.48. The van der Waals surface area contributed by atoms with Crippen molar-refractivity contribution in [1.29, 1.82) is 0 Å². The molecule has 126 valence electrons. The van der Waals surface area contributed by atoms with Gasteiger partial charge in [-0.1, -0.05) is 24.3 Å². The normalized spacial score (nSPS) is 18.7. The minimum absolute atomic E-state index is 0.0557. The Morgan fingerprint density at radius 2 is 2.09 bits per heavy atom. The number of nitrogens with zero attached hydrogens (tertiary/aromatic N) is 2. The molecule has 5 nitrogen and oxygen atoms in total. The lowest BCUT2D eigenvalue weighted by atomic mass is 10.1. The Labute approximate surface area is 137 Å². The summed E-state index contributed by atoms with van der Waals surface area (Å²) >= 11 is 0. The van der Waals surface area contributed by atoms with E-state index in [9.17, 15) is 14.7 Å². The SMILES string of the molecule is Cc1ccccc1CCN(C)C(=O)CN1CCCCC(O)C1=O. The molecule has 0 radical (unpaired) electrons. The highest BCUT2D eigenvalue weighted by molar-refractivity contribution is 5.87. The number of hydrogen-bond donors (Lipinski definition) is 1. The number of rotatable bonds is 5. The summed E-state index contributed by atoms with van der Waals surface area (Å²) in [5.74, 6) is -0.399. The van der Waals surface area contributed by atoms with E-state index in [-0.39, 0.29) is 18.4 Å². The number of aliphatic hydroxyl groups is 1. The molecule has 0 aliphatic carbocycles. The number of hydrogen-bond acceptors (Lipinski definition) is 3. The smallest absolute Gasteiger partial charge is 0.251 e. The molecule has 23 heavy (non-hydrogen) atoms. The molecule has 1 aromatic rings. The second kappa shape index (κ2) is 8.11. The third kappa shape index (κ3) is 4.79. The Morgan fingerprint density at radius 3 is 2.83 bits per heavy atom.